The van der Waals surface area contributed by atoms with E-state index in [0.29, 0.717) is 24.8 Å². The zero-order valence-corrected chi connectivity index (χ0v) is 12.4. The average Bonchev–Trinajstić information content (AvgIpc) is 2.47. The molecule has 1 aromatic carbocycles. The number of nitrogens with zero attached hydrogens (tertiary/aromatic N) is 1. The molecule has 0 amide bonds. The van der Waals surface area contributed by atoms with Crippen LogP contribution in [-0.4, -0.2) is 23.1 Å². The molecule has 2 rings (SSSR count). The van der Waals surface area contributed by atoms with E-state index in [2.05, 4.69) is 15.3 Å². The highest BCUT2D eigenvalue weighted by Gasteiger charge is 2.04. The highest BCUT2D eigenvalue weighted by molar-refractivity contribution is 5.33. The minimum Gasteiger partial charge on any atom is -0.494 e. The molecule has 0 saturated carbocycles. The van der Waals surface area contributed by atoms with E-state index in [1.54, 1.807) is 0 Å². The molecule has 0 fully saturated rings. The van der Waals surface area contributed by atoms with Crippen LogP contribution in [0.25, 0.3) is 0 Å². The van der Waals surface area contributed by atoms with Crippen LogP contribution in [0.3, 0.4) is 0 Å². The molecule has 1 aromatic heterocycles. The Balaban J connectivity index is 1.77. The van der Waals surface area contributed by atoms with Gasteiger partial charge in [0.05, 0.1) is 6.61 Å². The zero-order chi connectivity index (χ0) is 15.1. The van der Waals surface area contributed by atoms with Crippen molar-refractivity contribution in [3.8, 4) is 5.75 Å². The Hall–Kier alpha value is -2.30. The molecule has 2 N–H and O–H groups in total. The van der Waals surface area contributed by atoms with Crippen molar-refractivity contribution in [1.29, 1.82) is 0 Å². The van der Waals surface area contributed by atoms with Gasteiger partial charge >= 0.3 is 0 Å². The molecule has 5 heteroatoms. The summed E-state index contributed by atoms with van der Waals surface area (Å²) in [5, 5.41) is 3.16. The minimum atomic E-state index is -0.128. The summed E-state index contributed by atoms with van der Waals surface area (Å²) in [5.74, 6) is 2.38. The molecule has 0 aliphatic heterocycles. The van der Waals surface area contributed by atoms with Crippen molar-refractivity contribution in [3.63, 3.8) is 0 Å². The van der Waals surface area contributed by atoms with Crippen molar-refractivity contribution >= 4 is 5.82 Å². The van der Waals surface area contributed by atoms with Crippen LogP contribution in [0.1, 0.15) is 32.0 Å². The van der Waals surface area contributed by atoms with Crippen LogP contribution < -0.4 is 15.6 Å². The number of benzene rings is 1. The van der Waals surface area contributed by atoms with E-state index in [1.807, 2.05) is 44.2 Å². The Morgan fingerprint density at radius 3 is 2.76 bits per heavy atom. The average molecular weight is 287 g/mol. The fourth-order valence-electron chi connectivity index (χ4n) is 1.84. The first-order valence-electron chi connectivity index (χ1n) is 7.18. The van der Waals surface area contributed by atoms with Gasteiger partial charge in [0.1, 0.15) is 17.4 Å². The highest BCUT2D eigenvalue weighted by Crippen LogP contribution is 2.10. The Kier molecular flexibility index (Phi) is 5.37. The zero-order valence-electron chi connectivity index (χ0n) is 12.4. The number of aromatic amines is 1. The van der Waals surface area contributed by atoms with Gasteiger partial charge in [0.2, 0.25) is 0 Å². The van der Waals surface area contributed by atoms with Gasteiger partial charge in [-0.15, -0.1) is 0 Å². The molecule has 2 aromatic rings. The molecule has 0 unspecified atom stereocenters. The molecular weight excluding hydrogens is 266 g/mol. The van der Waals surface area contributed by atoms with Crippen LogP contribution in [0.2, 0.25) is 0 Å². The van der Waals surface area contributed by atoms with Gasteiger partial charge in [-0.1, -0.05) is 32.0 Å². The van der Waals surface area contributed by atoms with E-state index in [-0.39, 0.29) is 11.5 Å². The van der Waals surface area contributed by atoms with Gasteiger partial charge in [0.25, 0.3) is 5.56 Å². The summed E-state index contributed by atoms with van der Waals surface area (Å²) in [7, 11) is 0. The largest absolute Gasteiger partial charge is 0.494 e. The third-order valence-electron chi connectivity index (χ3n) is 2.95. The second-order valence-electron chi connectivity index (χ2n) is 5.11. The molecule has 0 radical (unpaired) electrons. The number of nitrogens with one attached hydrogen (secondary N) is 2. The lowest BCUT2D eigenvalue weighted by Crippen LogP contribution is -2.16. The SMILES string of the molecule is CC(C)c1nc(NCCCOc2ccccc2)cc(=O)[nH]1. The first kappa shape index (κ1) is 15.1. The van der Waals surface area contributed by atoms with Gasteiger partial charge in [0, 0.05) is 18.5 Å². The number of hydrogen-bond acceptors (Lipinski definition) is 4. The fourth-order valence-corrected chi connectivity index (χ4v) is 1.84. The van der Waals surface area contributed by atoms with E-state index in [4.69, 9.17) is 4.74 Å². The summed E-state index contributed by atoms with van der Waals surface area (Å²) in [6.45, 7) is 5.32. The predicted molar refractivity (Wildman–Crippen MR) is 84.0 cm³/mol. The normalized spacial score (nSPS) is 10.6. The van der Waals surface area contributed by atoms with Crippen molar-refractivity contribution in [2.75, 3.05) is 18.5 Å². The van der Waals surface area contributed by atoms with Crippen molar-refractivity contribution in [2.45, 2.75) is 26.2 Å². The quantitative estimate of drug-likeness (QED) is 0.768. The van der Waals surface area contributed by atoms with Gasteiger partial charge in [0.15, 0.2) is 0 Å². The second kappa shape index (κ2) is 7.47. The Bertz CT molecular complexity index is 608. The van der Waals surface area contributed by atoms with Gasteiger partial charge < -0.3 is 15.0 Å². The third kappa shape index (κ3) is 4.95. The van der Waals surface area contributed by atoms with Crippen molar-refractivity contribution < 1.29 is 4.74 Å². The molecule has 0 spiro atoms. The number of ether oxygens (including phenoxy) is 1. The molecule has 0 atom stereocenters. The smallest absolute Gasteiger partial charge is 0.252 e. The molecule has 0 bridgehead atoms. The molecule has 112 valence electrons. The number of anilines is 1. The summed E-state index contributed by atoms with van der Waals surface area (Å²) < 4.78 is 5.60. The van der Waals surface area contributed by atoms with Crippen LogP contribution in [0, 0.1) is 0 Å². The number of H-pyrrole nitrogens is 1. The minimum absolute atomic E-state index is 0.128. The number of aromatic nitrogens is 2. The van der Waals surface area contributed by atoms with Crippen LogP contribution in [0.4, 0.5) is 5.82 Å². The van der Waals surface area contributed by atoms with Crippen LogP contribution >= 0.6 is 0 Å². The molecular formula is C16H21N3O2. The number of para-hydroxylation sites is 1. The summed E-state index contributed by atoms with van der Waals surface area (Å²) in [4.78, 5) is 18.6. The molecule has 1 heterocycles. The highest BCUT2D eigenvalue weighted by atomic mass is 16.5. The van der Waals surface area contributed by atoms with Crippen LogP contribution in [0.15, 0.2) is 41.2 Å². The summed E-state index contributed by atoms with van der Waals surface area (Å²) in [6, 6.07) is 11.2. The molecule has 21 heavy (non-hydrogen) atoms. The van der Waals surface area contributed by atoms with Crippen molar-refractivity contribution in [1.82, 2.24) is 9.97 Å². The number of rotatable bonds is 7. The van der Waals surface area contributed by atoms with Crippen molar-refractivity contribution in [3.05, 3.63) is 52.6 Å². The van der Waals surface area contributed by atoms with Crippen molar-refractivity contribution in [2.24, 2.45) is 0 Å². The van der Waals surface area contributed by atoms with E-state index in [9.17, 15) is 4.79 Å². The van der Waals surface area contributed by atoms with E-state index in [1.165, 1.54) is 6.07 Å². The van der Waals surface area contributed by atoms with E-state index < -0.39 is 0 Å². The van der Waals surface area contributed by atoms with E-state index >= 15 is 0 Å². The lowest BCUT2D eigenvalue weighted by molar-refractivity contribution is 0.315. The van der Waals surface area contributed by atoms with Gasteiger partial charge in [-0.3, -0.25) is 4.79 Å². The Morgan fingerprint density at radius 1 is 1.29 bits per heavy atom. The summed E-state index contributed by atoms with van der Waals surface area (Å²) >= 11 is 0. The third-order valence-corrected chi connectivity index (χ3v) is 2.95. The first-order chi connectivity index (χ1) is 10.1. The predicted octanol–water partition coefficient (Wildman–Crippen LogP) is 2.77. The molecule has 0 aliphatic rings. The standard InChI is InChI=1S/C16H21N3O2/c1-12(2)16-18-14(11-15(20)19-16)17-9-6-10-21-13-7-4-3-5-8-13/h3-5,7-8,11-12H,6,9-10H2,1-2H3,(H2,17,18,19,20). The monoisotopic (exact) mass is 287 g/mol. The maximum atomic E-state index is 11.5. The summed E-state index contributed by atoms with van der Waals surface area (Å²) in [5.41, 5.74) is -0.128. The van der Waals surface area contributed by atoms with Gasteiger partial charge in [-0.25, -0.2) is 4.98 Å². The Labute approximate surface area is 124 Å². The maximum Gasteiger partial charge on any atom is 0.252 e. The second-order valence-corrected chi connectivity index (χ2v) is 5.11. The molecule has 5 nitrogen and oxygen atoms in total. The topological polar surface area (TPSA) is 67.0 Å². The summed E-state index contributed by atoms with van der Waals surface area (Å²) in [6.07, 6.45) is 0.834. The maximum absolute atomic E-state index is 11.5. The first-order valence-corrected chi connectivity index (χ1v) is 7.18. The van der Waals surface area contributed by atoms with E-state index in [0.717, 1.165) is 12.2 Å². The van der Waals surface area contributed by atoms with Crippen LogP contribution in [0.5, 0.6) is 5.75 Å². The van der Waals surface area contributed by atoms with Gasteiger partial charge in [-0.05, 0) is 18.6 Å². The number of hydrogen-bond donors (Lipinski definition) is 2. The molecule has 0 saturated heterocycles. The molecule has 0 aliphatic carbocycles. The van der Waals surface area contributed by atoms with Gasteiger partial charge in [-0.2, -0.15) is 0 Å². The fraction of sp³-hybridized carbons (Fsp3) is 0.375. The Morgan fingerprint density at radius 2 is 2.05 bits per heavy atom. The van der Waals surface area contributed by atoms with Crippen LogP contribution in [-0.2, 0) is 0 Å². The lowest BCUT2D eigenvalue weighted by Gasteiger charge is -2.09. The lowest BCUT2D eigenvalue weighted by atomic mass is 10.2.